The van der Waals surface area contributed by atoms with Gasteiger partial charge in [0.2, 0.25) is 0 Å². The third-order valence-corrected chi connectivity index (χ3v) is 5.13. The summed E-state index contributed by atoms with van der Waals surface area (Å²) in [6.45, 7) is 5.33. The van der Waals surface area contributed by atoms with Crippen molar-refractivity contribution >= 4 is 12.0 Å². The molecule has 0 N–H and O–H groups in total. The van der Waals surface area contributed by atoms with Gasteiger partial charge in [-0.1, -0.05) is 50.6 Å². The van der Waals surface area contributed by atoms with Crippen LogP contribution in [0.2, 0.25) is 0 Å². The predicted molar refractivity (Wildman–Crippen MR) is 99.6 cm³/mol. The molecule has 0 bridgehead atoms. The van der Waals surface area contributed by atoms with E-state index in [-0.39, 0.29) is 11.6 Å². The topological polar surface area (TPSA) is 29.5 Å². The van der Waals surface area contributed by atoms with Crippen molar-refractivity contribution in [2.24, 2.45) is 11.8 Å². The molecule has 132 valence electrons. The van der Waals surface area contributed by atoms with E-state index >= 15 is 0 Å². The van der Waals surface area contributed by atoms with Gasteiger partial charge in [-0.3, -0.25) is 0 Å². The van der Waals surface area contributed by atoms with Crippen LogP contribution in [0, 0.1) is 11.8 Å². The van der Waals surface area contributed by atoms with E-state index < -0.39 is 0 Å². The number of ether oxygens (including phenoxy) is 1. The number of rotatable bonds is 6. The lowest BCUT2D eigenvalue weighted by Gasteiger charge is -2.47. The monoisotopic (exact) mass is 329 g/mol. The first-order valence-corrected chi connectivity index (χ1v) is 9.05. The Morgan fingerprint density at radius 2 is 2.00 bits per heavy atom. The third-order valence-electron chi connectivity index (χ3n) is 5.13. The van der Waals surface area contributed by atoms with Gasteiger partial charge in [-0.2, -0.15) is 0 Å². The van der Waals surface area contributed by atoms with Crippen molar-refractivity contribution in [2.75, 3.05) is 20.6 Å². The molecule has 2 atom stereocenters. The van der Waals surface area contributed by atoms with Gasteiger partial charge in [-0.15, -0.1) is 0 Å². The Hall–Kier alpha value is -1.61. The van der Waals surface area contributed by atoms with Crippen molar-refractivity contribution in [3.8, 4) is 0 Å². The summed E-state index contributed by atoms with van der Waals surface area (Å²) in [7, 11) is 4.19. The van der Waals surface area contributed by atoms with Crippen molar-refractivity contribution in [2.45, 2.75) is 45.1 Å². The molecule has 0 spiro atoms. The highest BCUT2D eigenvalue weighted by atomic mass is 16.6. The molecule has 1 saturated carbocycles. The Balaban J connectivity index is 2.13. The number of nitrogens with zero attached hydrogens (tertiary/aromatic N) is 1. The van der Waals surface area contributed by atoms with E-state index in [0.29, 0.717) is 11.8 Å². The maximum absolute atomic E-state index is 12.5. The van der Waals surface area contributed by atoms with Gasteiger partial charge >= 0.3 is 5.97 Å². The average Bonchev–Trinajstić information content (AvgIpc) is 2.55. The number of hydrogen-bond donors (Lipinski definition) is 0. The van der Waals surface area contributed by atoms with Gasteiger partial charge in [-0.05, 0) is 50.9 Å². The number of esters is 1. The molecule has 0 aliphatic heterocycles. The Morgan fingerprint density at radius 3 is 2.62 bits per heavy atom. The van der Waals surface area contributed by atoms with Crippen molar-refractivity contribution in [1.82, 2.24) is 4.90 Å². The molecule has 1 aromatic rings. The molecule has 1 aliphatic carbocycles. The van der Waals surface area contributed by atoms with E-state index in [2.05, 4.69) is 32.8 Å². The summed E-state index contributed by atoms with van der Waals surface area (Å²) in [4.78, 5) is 14.7. The van der Waals surface area contributed by atoms with Gasteiger partial charge in [-0.25, -0.2) is 4.79 Å². The molecule has 1 aromatic carbocycles. The zero-order valence-electron chi connectivity index (χ0n) is 15.5. The minimum absolute atomic E-state index is 0.224. The summed E-state index contributed by atoms with van der Waals surface area (Å²) in [5.74, 6) is 0.491. The molecule has 2 unspecified atom stereocenters. The number of benzene rings is 1. The maximum atomic E-state index is 12.5. The van der Waals surface area contributed by atoms with E-state index in [4.69, 9.17) is 4.74 Å². The second-order valence-electron chi connectivity index (χ2n) is 7.48. The highest BCUT2D eigenvalue weighted by Gasteiger charge is 2.46. The zero-order chi connectivity index (χ0) is 17.6. The normalized spacial score (nSPS) is 24.7. The summed E-state index contributed by atoms with van der Waals surface area (Å²) in [5, 5.41) is 0. The van der Waals surface area contributed by atoms with Crippen molar-refractivity contribution in [3.63, 3.8) is 0 Å². The third kappa shape index (κ3) is 4.70. The van der Waals surface area contributed by atoms with Crippen LogP contribution in [-0.4, -0.2) is 37.1 Å². The first-order chi connectivity index (χ1) is 11.4. The van der Waals surface area contributed by atoms with Crippen LogP contribution >= 0.6 is 0 Å². The Morgan fingerprint density at radius 1 is 1.29 bits per heavy atom. The fourth-order valence-corrected chi connectivity index (χ4v) is 3.89. The minimum atomic E-state index is -0.347. The minimum Gasteiger partial charge on any atom is -0.455 e. The van der Waals surface area contributed by atoms with Gasteiger partial charge < -0.3 is 9.64 Å². The van der Waals surface area contributed by atoms with Crippen molar-refractivity contribution in [3.05, 3.63) is 42.0 Å². The summed E-state index contributed by atoms with van der Waals surface area (Å²) >= 11 is 0. The summed E-state index contributed by atoms with van der Waals surface area (Å²) in [6.07, 6.45) is 7.86. The van der Waals surface area contributed by atoms with E-state index in [9.17, 15) is 4.79 Å². The van der Waals surface area contributed by atoms with Crippen LogP contribution in [0.4, 0.5) is 0 Å². The van der Waals surface area contributed by atoms with Crippen LogP contribution in [0.1, 0.15) is 45.1 Å². The quantitative estimate of drug-likeness (QED) is 0.572. The van der Waals surface area contributed by atoms with Crippen LogP contribution in [0.3, 0.4) is 0 Å². The van der Waals surface area contributed by atoms with Crippen LogP contribution in [0.5, 0.6) is 0 Å². The molecule has 3 heteroatoms. The van der Waals surface area contributed by atoms with Crippen molar-refractivity contribution in [1.29, 1.82) is 0 Å². The molecule has 3 nitrogen and oxygen atoms in total. The molecule has 1 fully saturated rings. The molecular weight excluding hydrogens is 298 g/mol. The first kappa shape index (κ1) is 18.7. The van der Waals surface area contributed by atoms with E-state index in [1.807, 2.05) is 36.4 Å². The molecule has 0 aromatic heterocycles. The van der Waals surface area contributed by atoms with Gasteiger partial charge in [0.05, 0.1) is 0 Å². The lowest BCUT2D eigenvalue weighted by Crippen LogP contribution is -2.52. The molecule has 0 radical (unpaired) electrons. The summed E-state index contributed by atoms with van der Waals surface area (Å²) in [5.41, 5.74) is 0.669. The first-order valence-electron chi connectivity index (χ1n) is 9.05. The van der Waals surface area contributed by atoms with E-state index in [1.165, 1.54) is 6.42 Å². The second kappa shape index (κ2) is 8.48. The molecule has 2 rings (SSSR count). The van der Waals surface area contributed by atoms with Crippen LogP contribution in [0.15, 0.2) is 36.4 Å². The van der Waals surface area contributed by atoms with Gasteiger partial charge in [0.15, 0.2) is 0 Å². The van der Waals surface area contributed by atoms with Gasteiger partial charge in [0.25, 0.3) is 0 Å². The molecule has 24 heavy (non-hydrogen) atoms. The lowest BCUT2D eigenvalue weighted by molar-refractivity contribution is -0.174. The molecule has 0 heterocycles. The molecular formula is C21H31NO2. The van der Waals surface area contributed by atoms with Crippen LogP contribution in [0.25, 0.3) is 6.08 Å². The smallest absolute Gasteiger partial charge is 0.331 e. The Labute approximate surface area is 146 Å². The highest BCUT2D eigenvalue weighted by Crippen LogP contribution is 2.42. The fraction of sp³-hybridized carbons (Fsp3) is 0.571. The number of carbonyl (C=O) groups is 1. The van der Waals surface area contributed by atoms with E-state index in [0.717, 1.165) is 31.4 Å². The van der Waals surface area contributed by atoms with Gasteiger partial charge in [0.1, 0.15) is 5.60 Å². The highest BCUT2D eigenvalue weighted by molar-refractivity contribution is 5.87. The SMILES string of the molecule is CC(C)C1(OC(=O)/C=C/c2ccccc2)CCCCC1CN(C)C. The van der Waals surface area contributed by atoms with Crippen LogP contribution < -0.4 is 0 Å². The van der Waals surface area contributed by atoms with Gasteiger partial charge in [0, 0.05) is 18.5 Å². The molecule has 1 aliphatic rings. The maximum Gasteiger partial charge on any atom is 0.331 e. The summed E-state index contributed by atoms with van der Waals surface area (Å²) in [6, 6.07) is 9.87. The molecule has 0 saturated heterocycles. The van der Waals surface area contributed by atoms with Crippen molar-refractivity contribution < 1.29 is 9.53 Å². The molecule has 0 amide bonds. The predicted octanol–water partition coefficient (Wildman–Crippen LogP) is 4.39. The zero-order valence-corrected chi connectivity index (χ0v) is 15.5. The second-order valence-corrected chi connectivity index (χ2v) is 7.48. The number of carbonyl (C=O) groups excluding carboxylic acids is 1. The largest absolute Gasteiger partial charge is 0.455 e. The van der Waals surface area contributed by atoms with E-state index in [1.54, 1.807) is 6.08 Å². The van der Waals surface area contributed by atoms with Crippen LogP contribution in [-0.2, 0) is 9.53 Å². The fourth-order valence-electron chi connectivity index (χ4n) is 3.89. The standard InChI is InChI=1S/C21H31NO2/c1-17(2)21(15-9-8-12-19(21)16-22(3)4)24-20(23)14-13-18-10-6-5-7-11-18/h5-7,10-11,13-14,17,19H,8-9,12,15-16H2,1-4H3/b14-13+. The number of hydrogen-bond acceptors (Lipinski definition) is 3. The Kier molecular flexibility index (Phi) is 6.61. The Bertz CT molecular complexity index is 550. The average molecular weight is 329 g/mol. The summed E-state index contributed by atoms with van der Waals surface area (Å²) < 4.78 is 6.12. The lowest BCUT2D eigenvalue weighted by atomic mass is 9.69.